The number of hydrogen-bond acceptors (Lipinski definition) is 2. The molecular weight excluding hydrogens is 243 g/mol. The first-order chi connectivity index (χ1) is 8.30. The summed E-state index contributed by atoms with van der Waals surface area (Å²) in [7, 11) is 0. The maximum atomic E-state index is 12.7. The highest BCUT2D eigenvalue weighted by Crippen LogP contribution is 2.25. The van der Waals surface area contributed by atoms with Crippen LogP contribution in [0.15, 0.2) is 30.3 Å². The summed E-state index contributed by atoms with van der Waals surface area (Å²) >= 11 is 0. The van der Waals surface area contributed by atoms with Crippen molar-refractivity contribution in [3.05, 3.63) is 35.9 Å². The van der Waals surface area contributed by atoms with Gasteiger partial charge in [0.15, 0.2) is 0 Å². The van der Waals surface area contributed by atoms with Crippen LogP contribution < -0.4 is 5.32 Å². The van der Waals surface area contributed by atoms with Crippen LogP contribution in [0.5, 0.6) is 0 Å². The Balaban J connectivity index is 2.75. The van der Waals surface area contributed by atoms with Gasteiger partial charge in [0, 0.05) is 12.5 Å². The fraction of sp³-hybridized carbons (Fsp3) is 0.462. The Bertz CT molecular complexity index is 389. The third-order valence-electron chi connectivity index (χ3n) is 2.64. The van der Waals surface area contributed by atoms with Crippen molar-refractivity contribution in [2.75, 3.05) is 0 Å². The molecule has 5 heteroatoms. The van der Waals surface area contributed by atoms with E-state index in [9.17, 15) is 18.0 Å². The molecule has 0 spiro atoms. The first kappa shape index (κ1) is 14.7. The molecule has 0 fully saturated rings. The molecule has 100 valence electrons. The zero-order valence-corrected chi connectivity index (χ0v) is 10.3. The number of halogens is 3. The number of Topliss-reactive ketones (excluding diaryl/α,β-unsaturated/α-hetero) is 1. The number of ketones is 1. The zero-order chi connectivity index (χ0) is 13.8. The van der Waals surface area contributed by atoms with Crippen LogP contribution in [0.2, 0.25) is 0 Å². The van der Waals surface area contributed by atoms with Gasteiger partial charge >= 0.3 is 6.18 Å². The topological polar surface area (TPSA) is 29.1 Å². The smallest absolute Gasteiger partial charge is 0.300 e. The van der Waals surface area contributed by atoms with Gasteiger partial charge in [-0.2, -0.15) is 13.2 Å². The predicted octanol–water partition coefficient (Wildman–Crippen LogP) is 3.25. The number of alkyl halides is 3. The zero-order valence-electron chi connectivity index (χ0n) is 10.3. The summed E-state index contributed by atoms with van der Waals surface area (Å²) < 4.78 is 38.2. The van der Waals surface area contributed by atoms with Gasteiger partial charge in [-0.1, -0.05) is 30.3 Å². The van der Waals surface area contributed by atoms with Gasteiger partial charge in [-0.3, -0.25) is 10.1 Å². The molecule has 2 unspecified atom stereocenters. The lowest BCUT2D eigenvalue weighted by Gasteiger charge is -2.25. The lowest BCUT2D eigenvalue weighted by molar-refractivity contribution is -0.162. The predicted molar refractivity (Wildman–Crippen MR) is 63.1 cm³/mol. The van der Waals surface area contributed by atoms with Crippen LogP contribution in [-0.2, 0) is 4.79 Å². The molecule has 0 bridgehead atoms. The van der Waals surface area contributed by atoms with Crippen molar-refractivity contribution in [3.63, 3.8) is 0 Å². The SMILES string of the molecule is CC(=O)CC(NC(C)c1ccccc1)C(F)(F)F. The Morgan fingerprint density at radius 1 is 1.28 bits per heavy atom. The molecule has 18 heavy (non-hydrogen) atoms. The molecule has 0 aliphatic carbocycles. The van der Waals surface area contributed by atoms with Crippen LogP contribution in [-0.4, -0.2) is 18.0 Å². The second-order valence-electron chi connectivity index (χ2n) is 4.30. The van der Waals surface area contributed by atoms with Crippen LogP contribution in [0.25, 0.3) is 0 Å². The van der Waals surface area contributed by atoms with Gasteiger partial charge < -0.3 is 0 Å². The van der Waals surface area contributed by atoms with Crippen LogP contribution in [0.3, 0.4) is 0 Å². The summed E-state index contributed by atoms with van der Waals surface area (Å²) in [5.41, 5.74) is 0.760. The van der Waals surface area contributed by atoms with E-state index in [1.54, 1.807) is 37.3 Å². The molecule has 0 aliphatic heterocycles. The van der Waals surface area contributed by atoms with E-state index in [-0.39, 0.29) is 0 Å². The van der Waals surface area contributed by atoms with E-state index in [4.69, 9.17) is 0 Å². The first-order valence-corrected chi connectivity index (χ1v) is 5.68. The molecule has 0 heterocycles. The van der Waals surface area contributed by atoms with Crippen LogP contribution in [0.4, 0.5) is 13.2 Å². The molecule has 1 aromatic rings. The van der Waals surface area contributed by atoms with Crippen LogP contribution in [0.1, 0.15) is 31.9 Å². The molecule has 0 saturated heterocycles. The monoisotopic (exact) mass is 259 g/mol. The maximum Gasteiger partial charge on any atom is 0.404 e. The molecule has 0 aromatic heterocycles. The summed E-state index contributed by atoms with van der Waals surface area (Å²) in [6.07, 6.45) is -4.96. The minimum atomic E-state index is -4.42. The minimum absolute atomic E-state index is 0.461. The van der Waals surface area contributed by atoms with Crippen molar-refractivity contribution < 1.29 is 18.0 Å². The standard InChI is InChI=1S/C13H16F3NO/c1-9(18)8-12(13(14,15)16)17-10(2)11-6-4-3-5-7-11/h3-7,10,12,17H,8H2,1-2H3. The van der Waals surface area contributed by atoms with Crippen molar-refractivity contribution in [1.82, 2.24) is 5.32 Å². The number of nitrogens with one attached hydrogen (secondary N) is 1. The van der Waals surface area contributed by atoms with Gasteiger partial charge in [0.25, 0.3) is 0 Å². The molecule has 2 nitrogen and oxygen atoms in total. The molecule has 1 aromatic carbocycles. The van der Waals surface area contributed by atoms with Gasteiger partial charge in [-0.25, -0.2) is 0 Å². The van der Waals surface area contributed by atoms with Gasteiger partial charge in [-0.15, -0.1) is 0 Å². The van der Waals surface area contributed by atoms with E-state index in [0.717, 1.165) is 12.5 Å². The Labute approximate surface area is 104 Å². The number of rotatable bonds is 5. The maximum absolute atomic E-state index is 12.7. The molecule has 0 radical (unpaired) electrons. The van der Waals surface area contributed by atoms with Crippen molar-refractivity contribution in [2.24, 2.45) is 0 Å². The number of hydrogen-bond donors (Lipinski definition) is 1. The average molecular weight is 259 g/mol. The highest BCUT2D eigenvalue weighted by Gasteiger charge is 2.40. The highest BCUT2D eigenvalue weighted by atomic mass is 19.4. The van der Waals surface area contributed by atoms with Gasteiger partial charge in [-0.05, 0) is 19.4 Å². The lowest BCUT2D eigenvalue weighted by Crippen LogP contribution is -2.44. The summed E-state index contributed by atoms with van der Waals surface area (Å²) in [6, 6.07) is 6.56. The Morgan fingerprint density at radius 3 is 2.28 bits per heavy atom. The second kappa shape index (κ2) is 6.00. The largest absolute Gasteiger partial charge is 0.404 e. The van der Waals surface area contributed by atoms with E-state index >= 15 is 0 Å². The van der Waals surface area contributed by atoms with E-state index in [2.05, 4.69) is 5.32 Å². The number of carbonyl (C=O) groups is 1. The Kier molecular flexibility index (Phi) is 4.90. The Morgan fingerprint density at radius 2 is 1.83 bits per heavy atom. The molecular formula is C13H16F3NO. The van der Waals surface area contributed by atoms with E-state index in [0.29, 0.717) is 0 Å². The van der Waals surface area contributed by atoms with E-state index in [1.165, 1.54) is 0 Å². The normalized spacial score (nSPS) is 15.2. The second-order valence-corrected chi connectivity index (χ2v) is 4.30. The van der Waals surface area contributed by atoms with E-state index in [1.807, 2.05) is 0 Å². The average Bonchev–Trinajstić information content (AvgIpc) is 2.27. The third-order valence-corrected chi connectivity index (χ3v) is 2.64. The highest BCUT2D eigenvalue weighted by molar-refractivity contribution is 5.76. The number of carbonyl (C=O) groups excluding carboxylic acids is 1. The fourth-order valence-corrected chi connectivity index (χ4v) is 1.70. The van der Waals surface area contributed by atoms with Crippen LogP contribution >= 0.6 is 0 Å². The van der Waals surface area contributed by atoms with E-state index < -0.39 is 30.5 Å². The summed E-state index contributed by atoms with van der Waals surface area (Å²) in [4.78, 5) is 10.9. The van der Waals surface area contributed by atoms with Crippen molar-refractivity contribution in [2.45, 2.75) is 38.5 Å². The molecule has 0 amide bonds. The van der Waals surface area contributed by atoms with Crippen molar-refractivity contribution >= 4 is 5.78 Å². The summed E-state index contributed by atoms with van der Waals surface area (Å²) in [5.74, 6) is -0.481. The van der Waals surface area contributed by atoms with Gasteiger partial charge in [0.1, 0.15) is 11.8 Å². The first-order valence-electron chi connectivity index (χ1n) is 5.68. The van der Waals surface area contributed by atoms with Crippen molar-refractivity contribution in [3.8, 4) is 0 Å². The van der Waals surface area contributed by atoms with Crippen molar-refractivity contribution in [1.29, 1.82) is 0 Å². The summed E-state index contributed by atoms with van der Waals surface area (Å²) in [5, 5.41) is 2.46. The molecule has 2 atom stereocenters. The third kappa shape index (κ3) is 4.49. The quantitative estimate of drug-likeness (QED) is 0.879. The summed E-state index contributed by atoms with van der Waals surface area (Å²) in [6.45, 7) is 2.81. The van der Waals surface area contributed by atoms with Crippen LogP contribution in [0, 0.1) is 0 Å². The van der Waals surface area contributed by atoms with Gasteiger partial charge in [0.2, 0.25) is 0 Å². The number of benzene rings is 1. The minimum Gasteiger partial charge on any atom is -0.300 e. The molecule has 1 rings (SSSR count). The Hall–Kier alpha value is -1.36. The van der Waals surface area contributed by atoms with Gasteiger partial charge in [0.05, 0.1) is 0 Å². The lowest BCUT2D eigenvalue weighted by atomic mass is 10.1. The molecule has 0 saturated carbocycles. The molecule has 1 N–H and O–H groups in total. The fourth-order valence-electron chi connectivity index (χ4n) is 1.70. The molecule has 0 aliphatic rings.